The molecule has 0 saturated carbocycles. The molecule has 0 aromatic heterocycles. The quantitative estimate of drug-likeness (QED) is 0.782. The first kappa shape index (κ1) is 16.8. The normalized spacial score (nSPS) is 13.2. The first-order valence-corrected chi connectivity index (χ1v) is 9.54. The molecule has 0 radical (unpaired) electrons. The lowest BCUT2D eigenvalue weighted by molar-refractivity contribution is 0.174. The smallest absolute Gasteiger partial charge is 0.240 e. The van der Waals surface area contributed by atoms with Crippen LogP contribution in [0.3, 0.4) is 0 Å². The van der Waals surface area contributed by atoms with E-state index in [9.17, 15) is 8.42 Å². The molecule has 128 valence electrons. The van der Waals surface area contributed by atoms with Crippen LogP contribution < -0.4 is 14.2 Å². The van der Waals surface area contributed by atoms with Crippen molar-refractivity contribution in [1.82, 2.24) is 4.72 Å². The number of nitrogens with one attached hydrogen (secondary N) is 1. The second-order valence-electron chi connectivity index (χ2n) is 5.69. The third-order valence-corrected chi connectivity index (χ3v) is 5.49. The number of sulfonamides is 1. The van der Waals surface area contributed by atoms with Gasteiger partial charge in [-0.15, -0.1) is 0 Å². The van der Waals surface area contributed by atoms with Crippen LogP contribution in [0.4, 0.5) is 0 Å². The average Bonchev–Trinajstić information content (AvgIpc) is 3.06. The molecule has 0 atom stereocenters. The Bertz CT molecular complexity index is 800. The Morgan fingerprint density at radius 3 is 2.46 bits per heavy atom. The summed E-state index contributed by atoms with van der Waals surface area (Å²) in [5.74, 6) is 1.51. The zero-order chi connectivity index (χ0) is 17.0. The van der Waals surface area contributed by atoms with Crippen LogP contribution in [0.5, 0.6) is 11.5 Å². The summed E-state index contributed by atoms with van der Waals surface area (Å²) in [4.78, 5) is 0.308. The summed E-state index contributed by atoms with van der Waals surface area (Å²) in [5, 5.41) is 0. The molecule has 0 bridgehead atoms. The highest BCUT2D eigenvalue weighted by Crippen LogP contribution is 2.32. The third-order valence-electron chi connectivity index (χ3n) is 4.01. The molecule has 2 aromatic rings. The van der Waals surface area contributed by atoms with Gasteiger partial charge in [-0.1, -0.05) is 25.1 Å². The lowest BCUT2D eigenvalue weighted by Crippen LogP contribution is -2.25. The Morgan fingerprint density at radius 2 is 1.71 bits per heavy atom. The van der Waals surface area contributed by atoms with Gasteiger partial charge in [-0.3, -0.25) is 0 Å². The summed E-state index contributed by atoms with van der Waals surface area (Å²) < 4.78 is 37.8. The van der Waals surface area contributed by atoms with Crippen molar-refractivity contribution in [2.45, 2.75) is 31.1 Å². The minimum absolute atomic E-state index is 0.259. The standard InChI is InChI=1S/C18H21NO4S/c1-2-14-5-8-16(9-6-14)24(20,21)19-11-3-4-15-7-10-17-18(12-15)23-13-22-17/h5-10,12,19H,2-4,11,13H2,1H3. The maximum atomic E-state index is 12.2. The van der Waals surface area contributed by atoms with Gasteiger partial charge in [0.2, 0.25) is 16.8 Å². The van der Waals surface area contributed by atoms with Gasteiger partial charge in [-0.2, -0.15) is 0 Å². The molecule has 1 heterocycles. The number of rotatable bonds is 7. The summed E-state index contributed by atoms with van der Waals surface area (Å²) in [6.45, 7) is 2.69. The van der Waals surface area contributed by atoms with Crippen molar-refractivity contribution in [3.8, 4) is 11.5 Å². The fourth-order valence-corrected chi connectivity index (χ4v) is 3.66. The minimum Gasteiger partial charge on any atom is -0.454 e. The molecular weight excluding hydrogens is 326 g/mol. The van der Waals surface area contributed by atoms with Gasteiger partial charge in [0.25, 0.3) is 0 Å². The fourth-order valence-electron chi connectivity index (χ4n) is 2.58. The van der Waals surface area contributed by atoms with E-state index in [4.69, 9.17) is 9.47 Å². The zero-order valence-electron chi connectivity index (χ0n) is 13.6. The second-order valence-corrected chi connectivity index (χ2v) is 7.45. The Hall–Kier alpha value is -2.05. The predicted octanol–water partition coefficient (Wildman–Crippen LogP) is 2.89. The molecule has 0 saturated heterocycles. The van der Waals surface area contributed by atoms with E-state index in [1.165, 1.54) is 0 Å². The summed E-state index contributed by atoms with van der Waals surface area (Å²) in [6.07, 6.45) is 2.38. The van der Waals surface area contributed by atoms with Crippen LogP contribution in [0.2, 0.25) is 0 Å². The molecule has 3 rings (SSSR count). The minimum atomic E-state index is -3.44. The molecule has 1 N–H and O–H groups in total. The summed E-state index contributed by atoms with van der Waals surface area (Å²) in [5.41, 5.74) is 2.22. The highest BCUT2D eigenvalue weighted by molar-refractivity contribution is 7.89. The van der Waals surface area contributed by atoms with Gasteiger partial charge in [0.05, 0.1) is 4.90 Å². The maximum absolute atomic E-state index is 12.2. The van der Waals surface area contributed by atoms with Crippen molar-refractivity contribution in [1.29, 1.82) is 0 Å². The monoisotopic (exact) mass is 347 g/mol. The van der Waals surface area contributed by atoms with Gasteiger partial charge < -0.3 is 9.47 Å². The lowest BCUT2D eigenvalue weighted by atomic mass is 10.1. The van der Waals surface area contributed by atoms with Crippen LogP contribution in [0.25, 0.3) is 0 Å². The van der Waals surface area contributed by atoms with Crippen LogP contribution in [0, 0.1) is 0 Å². The predicted molar refractivity (Wildman–Crippen MR) is 91.9 cm³/mol. The highest BCUT2D eigenvalue weighted by atomic mass is 32.2. The Morgan fingerprint density at radius 1 is 1.00 bits per heavy atom. The number of fused-ring (bicyclic) bond motifs is 1. The van der Waals surface area contributed by atoms with E-state index < -0.39 is 10.0 Å². The van der Waals surface area contributed by atoms with Crippen molar-refractivity contribution >= 4 is 10.0 Å². The number of hydrogen-bond donors (Lipinski definition) is 1. The SMILES string of the molecule is CCc1ccc(S(=O)(=O)NCCCc2ccc3c(c2)OCO3)cc1. The van der Waals surface area contributed by atoms with E-state index in [-0.39, 0.29) is 6.79 Å². The van der Waals surface area contributed by atoms with Crippen molar-refractivity contribution in [2.75, 3.05) is 13.3 Å². The molecular formula is C18H21NO4S. The molecule has 0 aliphatic carbocycles. The largest absolute Gasteiger partial charge is 0.454 e. The average molecular weight is 347 g/mol. The Kier molecular flexibility index (Phi) is 5.06. The Balaban J connectivity index is 1.51. The van der Waals surface area contributed by atoms with E-state index in [1.54, 1.807) is 12.1 Å². The molecule has 24 heavy (non-hydrogen) atoms. The lowest BCUT2D eigenvalue weighted by Gasteiger charge is -2.08. The van der Waals surface area contributed by atoms with Crippen molar-refractivity contribution < 1.29 is 17.9 Å². The summed E-state index contributed by atoms with van der Waals surface area (Å²) >= 11 is 0. The van der Waals surface area contributed by atoms with Gasteiger partial charge in [-0.25, -0.2) is 13.1 Å². The summed E-state index contributed by atoms with van der Waals surface area (Å²) in [6, 6.07) is 12.8. The topological polar surface area (TPSA) is 64.6 Å². The van der Waals surface area contributed by atoms with Gasteiger partial charge in [0.1, 0.15) is 0 Å². The van der Waals surface area contributed by atoms with E-state index in [2.05, 4.69) is 4.72 Å². The van der Waals surface area contributed by atoms with Crippen LogP contribution in [-0.2, 0) is 22.9 Å². The molecule has 5 nitrogen and oxygen atoms in total. The van der Waals surface area contributed by atoms with E-state index >= 15 is 0 Å². The summed E-state index contributed by atoms with van der Waals surface area (Å²) in [7, 11) is -3.44. The second kappa shape index (κ2) is 7.23. The van der Waals surface area contributed by atoms with E-state index in [0.29, 0.717) is 17.9 Å². The van der Waals surface area contributed by atoms with Gasteiger partial charge in [0, 0.05) is 6.54 Å². The molecule has 2 aromatic carbocycles. The molecule has 1 aliphatic heterocycles. The van der Waals surface area contributed by atoms with Crippen LogP contribution in [0.15, 0.2) is 47.4 Å². The van der Waals surface area contributed by atoms with Crippen LogP contribution >= 0.6 is 0 Å². The first-order chi connectivity index (χ1) is 11.6. The number of aryl methyl sites for hydroxylation is 2. The van der Waals surface area contributed by atoms with Crippen LogP contribution in [0.1, 0.15) is 24.5 Å². The van der Waals surface area contributed by atoms with Crippen molar-refractivity contribution in [3.05, 3.63) is 53.6 Å². The fraction of sp³-hybridized carbons (Fsp3) is 0.333. The van der Waals surface area contributed by atoms with Gasteiger partial charge in [-0.05, 0) is 54.7 Å². The molecule has 0 fully saturated rings. The first-order valence-electron chi connectivity index (χ1n) is 8.05. The Labute approximate surface area is 142 Å². The number of benzene rings is 2. The molecule has 6 heteroatoms. The van der Waals surface area contributed by atoms with E-state index in [0.717, 1.165) is 35.5 Å². The molecule has 0 spiro atoms. The van der Waals surface area contributed by atoms with Crippen molar-refractivity contribution in [3.63, 3.8) is 0 Å². The molecule has 0 amide bonds. The molecule has 1 aliphatic rings. The third kappa shape index (κ3) is 3.88. The van der Waals surface area contributed by atoms with Gasteiger partial charge >= 0.3 is 0 Å². The number of ether oxygens (including phenoxy) is 2. The molecule has 0 unspecified atom stereocenters. The van der Waals surface area contributed by atoms with Crippen LogP contribution in [-0.4, -0.2) is 21.8 Å². The zero-order valence-corrected chi connectivity index (χ0v) is 14.4. The van der Waals surface area contributed by atoms with Crippen molar-refractivity contribution in [2.24, 2.45) is 0 Å². The highest BCUT2D eigenvalue weighted by Gasteiger charge is 2.14. The maximum Gasteiger partial charge on any atom is 0.240 e. The van der Waals surface area contributed by atoms with E-state index in [1.807, 2.05) is 37.3 Å². The van der Waals surface area contributed by atoms with Gasteiger partial charge in [0.15, 0.2) is 11.5 Å². The number of hydrogen-bond acceptors (Lipinski definition) is 4.